The molecule has 0 atom stereocenters. The van der Waals surface area contributed by atoms with Crippen LogP contribution in [0.4, 0.5) is 0 Å². The maximum Gasteiger partial charge on any atom is 0.329 e. The Bertz CT molecular complexity index is 440. The van der Waals surface area contributed by atoms with Crippen LogP contribution in [0.3, 0.4) is 0 Å². The summed E-state index contributed by atoms with van der Waals surface area (Å²) in [7, 11) is 3.15. The smallest absolute Gasteiger partial charge is 0.329 e. The average Bonchev–Trinajstić information content (AvgIpc) is 2.27. The van der Waals surface area contributed by atoms with E-state index in [1.807, 2.05) is 6.07 Å². The molecular weight excluding hydrogens is 240 g/mol. The minimum absolute atomic E-state index is 0.670. The molecule has 0 unspecified atom stereocenters. The molecule has 17 heavy (non-hydrogen) atoms. The quantitative estimate of drug-likeness (QED) is 0.646. The monoisotopic (exact) mass is 254 g/mol. The van der Waals surface area contributed by atoms with Crippen molar-refractivity contribution in [3.8, 4) is 11.5 Å². The lowest BCUT2D eigenvalue weighted by atomic mass is 10.3. The van der Waals surface area contributed by atoms with Crippen LogP contribution in [0.5, 0.6) is 11.5 Å². The van der Waals surface area contributed by atoms with E-state index in [0.29, 0.717) is 16.4 Å². The summed E-state index contributed by atoms with van der Waals surface area (Å²) in [6.45, 7) is 1.73. The number of rotatable bonds is 5. The zero-order chi connectivity index (χ0) is 12.8. The molecule has 0 saturated carbocycles. The van der Waals surface area contributed by atoms with E-state index in [0.717, 1.165) is 11.0 Å². The molecule has 0 amide bonds. The molecule has 0 spiro atoms. The largest absolute Gasteiger partial charge is 0.497 e. The Morgan fingerprint density at radius 2 is 2.06 bits per heavy atom. The second-order valence-corrected chi connectivity index (χ2v) is 4.50. The van der Waals surface area contributed by atoms with Crippen molar-refractivity contribution >= 4 is 17.7 Å². The van der Waals surface area contributed by atoms with Gasteiger partial charge in [0.1, 0.15) is 11.5 Å². The number of thioether (sulfide) groups is 1. The number of ether oxygens (including phenoxy) is 2. The number of aliphatic carboxylic acids is 1. The predicted octanol–water partition coefficient (Wildman–Crippen LogP) is 2.78. The fraction of sp³-hybridized carbons (Fsp3) is 0.250. The van der Waals surface area contributed by atoms with Gasteiger partial charge in [0, 0.05) is 6.08 Å². The van der Waals surface area contributed by atoms with Gasteiger partial charge < -0.3 is 14.6 Å². The number of hydrogen-bond donors (Lipinski definition) is 1. The number of hydrogen-bond acceptors (Lipinski definition) is 4. The Kier molecular flexibility index (Phi) is 4.90. The molecular formula is C12H14O4S. The van der Waals surface area contributed by atoms with E-state index in [-0.39, 0.29) is 0 Å². The molecule has 5 heteroatoms. The summed E-state index contributed by atoms with van der Waals surface area (Å²) in [5.74, 6) is 0.433. The van der Waals surface area contributed by atoms with Crippen LogP contribution in [-0.2, 0) is 4.79 Å². The number of carboxylic acids is 1. The van der Waals surface area contributed by atoms with Crippen molar-refractivity contribution in [1.29, 1.82) is 0 Å². The Morgan fingerprint density at radius 1 is 1.35 bits per heavy atom. The summed E-state index contributed by atoms with van der Waals surface area (Å²) >= 11 is 1.33. The van der Waals surface area contributed by atoms with Crippen LogP contribution < -0.4 is 9.47 Å². The Balaban J connectivity index is 2.99. The average molecular weight is 254 g/mol. The van der Waals surface area contributed by atoms with Crippen molar-refractivity contribution < 1.29 is 19.4 Å². The van der Waals surface area contributed by atoms with Crippen molar-refractivity contribution in [3.63, 3.8) is 0 Å². The highest BCUT2D eigenvalue weighted by molar-refractivity contribution is 8.03. The lowest BCUT2D eigenvalue weighted by Gasteiger charge is -2.09. The fourth-order valence-electron chi connectivity index (χ4n) is 1.24. The third-order valence-corrected chi connectivity index (χ3v) is 2.95. The molecule has 0 fully saturated rings. The highest BCUT2D eigenvalue weighted by Crippen LogP contribution is 2.36. The topological polar surface area (TPSA) is 55.8 Å². The summed E-state index contributed by atoms with van der Waals surface area (Å²) in [4.78, 5) is 12.0. The van der Waals surface area contributed by atoms with Crippen LogP contribution in [0.25, 0.3) is 0 Å². The van der Waals surface area contributed by atoms with Crippen LogP contribution in [0.1, 0.15) is 6.92 Å². The molecule has 1 rings (SSSR count). The van der Waals surface area contributed by atoms with Crippen molar-refractivity contribution in [1.82, 2.24) is 0 Å². The van der Waals surface area contributed by atoms with E-state index in [4.69, 9.17) is 14.6 Å². The van der Waals surface area contributed by atoms with Gasteiger partial charge in [0.2, 0.25) is 0 Å². The van der Waals surface area contributed by atoms with Gasteiger partial charge >= 0.3 is 5.97 Å². The zero-order valence-corrected chi connectivity index (χ0v) is 10.7. The van der Waals surface area contributed by atoms with Gasteiger partial charge in [-0.1, -0.05) is 11.8 Å². The van der Waals surface area contributed by atoms with Gasteiger partial charge in [-0.25, -0.2) is 4.79 Å². The summed E-state index contributed by atoms with van der Waals surface area (Å²) in [6, 6.07) is 5.39. The molecule has 0 aromatic heterocycles. The Labute approximate surface area is 104 Å². The van der Waals surface area contributed by atoms with Crippen molar-refractivity contribution in [2.75, 3.05) is 14.2 Å². The lowest BCUT2D eigenvalue weighted by molar-refractivity contribution is -0.131. The number of allylic oxidation sites excluding steroid dienone is 1. The SMILES string of the molecule is COc1ccc(OC)c(S/C(C)=C/C(=O)O)c1. The van der Waals surface area contributed by atoms with Gasteiger partial charge in [-0.2, -0.15) is 0 Å². The zero-order valence-electron chi connectivity index (χ0n) is 9.89. The third kappa shape index (κ3) is 4.03. The van der Waals surface area contributed by atoms with Gasteiger partial charge in [0.25, 0.3) is 0 Å². The first-order valence-electron chi connectivity index (χ1n) is 4.88. The standard InChI is InChI=1S/C12H14O4S/c1-8(6-12(13)14)17-11-7-9(15-2)4-5-10(11)16-3/h4-7H,1-3H3,(H,13,14)/b8-6+. The molecule has 0 aliphatic heterocycles. The minimum Gasteiger partial charge on any atom is -0.497 e. The van der Waals surface area contributed by atoms with Gasteiger partial charge in [-0.05, 0) is 30.0 Å². The molecule has 1 aromatic carbocycles. The first-order valence-corrected chi connectivity index (χ1v) is 5.69. The van der Waals surface area contributed by atoms with Crippen LogP contribution in [0.2, 0.25) is 0 Å². The molecule has 0 heterocycles. The van der Waals surface area contributed by atoms with Crippen LogP contribution in [-0.4, -0.2) is 25.3 Å². The Morgan fingerprint density at radius 3 is 2.59 bits per heavy atom. The second-order valence-electron chi connectivity index (χ2n) is 3.21. The van der Waals surface area contributed by atoms with Crippen molar-refractivity contribution in [3.05, 3.63) is 29.2 Å². The van der Waals surface area contributed by atoms with Crippen molar-refractivity contribution in [2.24, 2.45) is 0 Å². The third-order valence-electron chi connectivity index (χ3n) is 1.97. The maximum absolute atomic E-state index is 10.5. The number of carbonyl (C=O) groups is 1. The van der Waals surface area contributed by atoms with Crippen LogP contribution in [0, 0.1) is 0 Å². The Hall–Kier alpha value is -1.62. The van der Waals surface area contributed by atoms with Crippen molar-refractivity contribution in [2.45, 2.75) is 11.8 Å². The molecule has 0 aliphatic carbocycles. The maximum atomic E-state index is 10.5. The summed E-state index contributed by atoms with van der Waals surface area (Å²) in [5.41, 5.74) is 0. The van der Waals surface area contributed by atoms with Gasteiger partial charge in [0.05, 0.1) is 19.1 Å². The number of methoxy groups -OCH3 is 2. The first-order chi connectivity index (χ1) is 8.06. The van der Waals surface area contributed by atoms with E-state index in [1.54, 1.807) is 33.3 Å². The summed E-state index contributed by atoms with van der Waals surface area (Å²) in [5, 5.41) is 8.64. The lowest BCUT2D eigenvalue weighted by Crippen LogP contribution is -1.90. The van der Waals surface area contributed by atoms with E-state index in [2.05, 4.69) is 0 Å². The molecule has 0 bridgehead atoms. The fourth-order valence-corrected chi connectivity index (χ4v) is 2.17. The van der Waals surface area contributed by atoms with Crippen LogP contribution >= 0.6 is 11.8 Å². The van der Waals surface area contributed by atoms with E-state index < -0.39 is 5.97 Å². The molecule has 4 nitrogen and oxygen atoms in total. The van der Waals surface area contributed by atoms with Gasteiger partial charge in [-0.3, -0.25) is 0 Å². The predicted molar refractivity (Wildman–Crippen MR) is 66.8 cm³/mol. The highest BCUT2D eigenvalue weighted by Gasteiger charge is 2.07. The summed E-state index contributed by atoms with van der Waals surface area (Å²) < 4.78 is 10.3. The van der Waals surface area contributed by atoms with Gasteiger partial charge in [0.15, 0.2) is 0 Å². The second kappa shape index (κ2) is 6.20. The van der Waals surface area contributed by atoms with Crippen LogP contribution in [0.15, 0.2) is 34.1 Å². The van der Waals surface area contributed by atoms with E-state index in [9.17, 15) is 4.79 Å². The molecule has 1 aromatic rings. The number of carboxylic acid groups (broad SMARTS) is 1. The highest BCUT2D eigenvalue weighted by atomic mass is 32.2. The first kappa shape index (κ1) is 13.4. The summed E-state index contributed by atoms with van der Waals surface area (Å²) in [6.07, 6.45) is 1.16. The number of benzene rings is 1. The molecule has 92 valence electrons. The molecule has 0 radical (unpaired) electrons. The molecule has 1 N–H and O–H groups in total. The minimum atomic E-state index is -0.961. The van der Waals surface area contributed by atoms with Gasteiger partial charge in [-0.15, -0.1) is 0 Å². The van der Waals surface area contributed by atoms with E-state index >= 15 is 0 Å². The normalized spacial score (nSPS) is 11.1. The molecule has 0 saturated heterocycles. The van der Waals surface area contributed by atoms with E-state index in [1.165, 1.54) is 11.8 Å². The molecule has 0 aliphatic rings.